The van der Waals surface area contributed by atoms with E-state index in [-0.39, 0.29) is 12.1 Å². The largest absolute Gasteiger partial charge is 0.481 e. The topological polar surface area (TPSA) is 97.6 Å². The fraction of sp³-hybridized carbons (Fsp3) is 0.429. The van der Waals surface area contributed by atoms with Crippen molar-refractivity contribution in [2.24, 2.45) is 7.05 Å². The number of aromatic nitrogens is 4. The Bertz CT molecular complexity index is 1080. The van der Waals surface area contributed by atoms with Crippen LogP contribution in [0.4, 0.5) is 16.2 Å². The average molecular weight is 425 g/mol. The van der Waals surface area contributed by atoms with Crippen molar-refractivity contribution in [2.45, 2.75) is 19.4 Å². The number of rotatable bonds is 5. The first-order valence-corrected chi connectivity index (χ1v) is 10.2. The van der Waals surface area contributed by atoms with Gasteiger partial charge in [0.05, 0.1) is 31.5 Å². The quantitative estimate of drug-likeness (QED) is 0.671. The number of anilines is 2. The van der Waals surface area contributed by atoms with Crippen molar-refractivity contribution < 1.29 is 14.3 Å². The number of hydrogen-bond acceptors (Lipinski definition) is 7. The van der Waals surface area contributed by atoms with E-state index in [0.717, 1.165) is 29.7 Å². The molecule has 1 saturated heterocycles. The van der Waals surface area contributed by atoms with Gasteiger partial charge in [0.25, 0.3) is 0 Å². The van der Waals surface area contributed by atoms with Crippen LogP contribution in [0.2, 0.25) is 0 Å². The first-order chi connectivity index (χ1) is 15.0. The van der Waals surface area contributed by atoms with Crippen LogP contribution in [-0.4, -0.2) is 70.6 Å². The lowest BCUT2D eigenvalue weighted by Crippen LogP contribution is -2.55. The number of ether oxygens (including phenoxy) is 2. The van der Waals surface area contributed by atoms with Crippen molar-refractivity contribution in [1.82, 2.24) is 24.6 Å². The summed E-state index contributed by atoms with van der Waals surface area (Å²) in [6, 6.07) is 5.45. The molecule has 0 bridgehead atoms. The summed E-state index contributed by atoms with van der Waals surface area (Å²) >= 11 is 0. The molecule has 3 aromatic rings. The van der Waals surface area contributed by atoms with Gasteiger partial charge in [0, 0.05) is 45.0 Å². The fourth-order valence-corrected chi connectivity index (χ4v) is 3.97. The van der Waals surface area contributed by atoms with Crippen molar-refractivity contribution in [1.29, 1.82) is 0 Å². The Morgan fingerprint density at radius 3 is 2.81 bits per heavy atom. The number of nitrogens with one attached hydrogen (secondary N) is 1. The second-order valence-electron chi connectivity index (χ2n) is 7.38. The summed E-state index contributed by atoms with van der Waals surface area (Å²) in [5, 5.41) is 8.29. The van der Waals surface area contributed by atoms with Crippen LogP contribution < -0.4 is 19.7 Å². The molecule has 1 atom stereocenters. The number of carbonyl (C=O) groups is 1. The van der Waals surface area contributed by atoms with Gasteiger partial charge in [-0.2, -0.15) is 10.1 Å². The molecule has 2 amide bonds. The summed E-state index contributed by atoms with van der Waals surface area (Å²) in [6.07, 6.45) is 4.57. The van der Waals surface area contributed by atoms with Crippen molar-refractivity contribution >= 4 is 28.4 Å². The number of amides is 2. The molecule has 1 unspecified atom stereocenters. The zero-order chi connectivity index (χ0) is 22.0. The Hall–Kier alpha value is -3.56. The second kappa shape index (κ2) is 8.66. The molecule has 1 N–H and O–H groups in total. The van der Waals surface area contributed by atoms with Crippen LogP contribution in [0.5, 0.6) is 11.8 Å². The maximum atomic E-state index is 13.0. The van der Waals surface area contributed by atoms with E-state index < -0.39 is 0 Å². The number of piperazine rings is 1. The highest BCUT2D eigenvalue weighted by atomic mass is 16.5. The number of aryl methyl sites for hydroxylation is 1. The van der Waals surface area contributed by atoms with Crippen LogP contribution >= 0.6 is 0 Å². The van der Waals surface area contributed by atoms with E-state index >= 15 is 0 Å². The lowest BCUT2D eigenvalue weighted by atomic mass is 10.1. The van der Waals surface area contributed by atoms with E-state index in [1.165, 1.54) is 14.2 Å². The van der Waals surface area contributed by atoms with E-state index in [1.54, 1.807) is 16.8 Å². The summed E-state index contributed by atoms with van der Waals surface area (Å²) in [5.74, 6) is 0.739. The Kier molecular flexibility index (Phi) is 5.79. The van der Waals surface area contributed by atoms with E-state index in [4.69, 9.17) is 9.47 Å². The summed E-state index contributed by atoms with van der Waals surface area (Å²) in [7, 11) is 4.94. The highest BCUT2D eigenvalue weighted by Gasteiger charge is 2.30. The highest BCUT2D eigenvalue weighted by molar-refractivity contribution is 5.92. The van der Waals surface area contributed by atoms with Gasteiger partial charge in [-0.15, -0.1) is 0 Å². The minimum Gasteiger partial charge on any atom is -0.481 e. The number of nitrogens with zero attached hydrogens (tertiary/aromatic N) is 6. The Balaban J connectivity index is 1.50. The van der Waals surface area contributed by atoms with Gasteiger partial charge in [-0.3, -0.25) is 4.68 Å². The van der Waals surface area contributed by atoms with Gasteiger partial charge in [-0.25, -0.2) is 9.78 Å². The number of urea groups is 1. The fourth-order valence-electron chi connectivity index (χ4n) is 3.97. The minimum atomic E-state index is -0.176. The lowest BCUT2D eigenvalue weighted by molar-refractivity contribution is 0.197. The molecule has 31 heavy (non-hydrogen) atoms. The Morgan fingerprint density at radius 1 is 1.23 bits per heavy atom. The zero-order valence-corrected chi connectivity index (χ0v) is 18.2. The number of carbonyl (C=O) groups excluding carboxylic acids is 1. The van der Waals surface area contributed by atoms with E-state index in [9.17, 15) is 4.79 Å². The van der Waals surface area contributed by atoms with E-state index in [2.05, 4.69) is 32.2 Å². The highest BCUT2D eigenvalue weighted by Crippen LogP contribution is 2.30. The van der Waals surface area contributed by atoms with Crippen LogP contribution in [0, 0.1) is 0 Å². The van der Waals surface area contributed by atoms with Crippen LogP contribution in [0.1, 0.15) is 13.3 Å². The predicted molar refractivity (Wildman–Crippen MR) is 118 cm³/mol. The molecule has 0 radical (unpaired) electrons. The molecule has 0 saturated carbocycles. The standard InChI is InChI=1S/C21H27N7O3/c1-5-14-13-27(21(29)24-16-6-7-18(30-3)25-20(16)31-4)10-11-28(14)17-8-9-22-19-15(17)12-23-26(19)2/h6-9,12,14H,5,10-11,13H2,1-4H3,(H,24,29). The third kappa shape index (κ3) is 3.92. The SMILES string of the molecule is CCC1CN(C(=O)Nc2ccc(OC)nc2OC)CCN1c1ccnc2c1cnn2C. The molecule has 1 aliphatic rings. The molecule has 0 aliphatic carbocycles. The summed E-state index contributed by atoms with van der Waals surface area (Å²) < 4.78 is 12.2. The molecule has 4 rings (SSSR count). The number of fused-ring (bicyclic) bond motifs is 1. The van der Waals surface area contributed by atoms with Crippen LogP contribution in [0.25, 0.3) is 11.0 Å². The molecule has 4 heterocycles. The van der Waals surface area contributed by atoms with Crippen molar-refractivity contribution in [3.05, 3.63) is 30.6 Å². The molecular formula is C21H27N7O3. The summed E-state index contributed by atoms with van der Waals surface area (Å²) in [5.41, 5.74) is 2.47. The molecule has 0 aromatic carbocycles. The Labute approximate surface area is 180 Å². The van der Waals surface area contributed by atoms with Gasteiger partial charge in [0.1, 0.15) is 5.69 Å². The van der Waals surface area contributed by atoms with Crippen LogP contribution in [0.15, 0.2) is 30.6 Å². The summed E-state index contributed by atoms with van der Waals surface area (Å²) in [4.78, 5) is 25.8. The predicted octanol–water partition coefficient (Wildman–Crippen LogP) is 2.51. The van der Waals surface area contributed by atoms with Gasteiger partial charge in [-0.05, 0) is 18.6 Å². The molecule has 3 aromatic heterocycles. The monoisotopic (exact) mass is 425 g/mol. The van der Waals surface area contributed by atoms with Gasteiger partial charge in [0.15, 0.2) is 5.65 Å². The van der Waals surface area contributed by atoms with Crippen LogP contribution in [0.3, 0.4) is 0 Å². The van der Waals surface area contributed by atoms with E-state index in [1.807, 2.05) is 30.4 Å². The lowest BCUT2D eigenvalue weighted by Gasteiger charge is -2.42. The maximum absolute atomic E-state index is 13.0. The number of methoxy groups -OCH3 is 2. The summed E-state index contributed by atoms with van der Waals surface area (Å²) in [6.45, 7) is 4.06. The second-order valence-corrected chi connectivity index (χ2v) is 7.38. The van der Waals surface area contributed by atoms with Gasteiger partial charge in [-0.1, -0.05) is 6.92 Å². The van der Waals surface area contributed by atoms with Gasteiger partial charge >= 0.3 is 6.03 Å². The van der Waals surface area contributed by atoms with Crippen LogP contribution in [-0.2, 0) is 7.05 Å². The van der Waals surface area contributed by atoms with E-state index in [0.29, 0.717) is 30.5 Å². The molecule has 10 nitrogen and oxygen atoms in total. The van der Waals surface area contributed by atoms with Gasteiger partial charge in [0.2, 0.25) is 11.8 Å². The number of pyridine rings is 2. The zero-order valence-electron chi connectivity index (χ0n) is 18.2. The van der Waals surface area contributed by atoms with Crippen molar-refractivity contribution in [2.75, 3.05) is 44.1 Å². The van der Waals surface area contributed by atoms with Gasteiger partial charge < -0.3 is 24.6 Å². The normalized spacial score (nSPS) is 16.5. The third-order valence-electron chi connectivity index (χ3n) is 5.64. The smallest absolute Gasteiger partial charge is 0.322 e. The molecule has 164 valence electrons. The third-order valence-corrected chi connectivity index (χ3v) is 5.64. The first-order valence-electron chi connectivity index (χ1n) is 10.2. The average Bonchev–Trinajstić information content (AvgIpc) is 3.19. The maximum Gasteiger partial charge on any atom is 0.322 e. The molecule has 10 heteroatoms. The minimum absolute atomic E-state index is 0.176. The molecule has 1 aliphatic heterocycles. The number of hydrogen-bond donors (Lipinski definition) is 1. The Morgan fingerprint density at radius 2 is 2.06 bits per heavy atom. The molecular weight excluding hydrogens is 398 g/mol. The van der Waals surface area contributed by atoms with Crippen molar-refractivity contribution in [3.63, 3.8) is 0 Å². The van der Waals surface area contributed by atoms with Crippen molar-refractivity contribution in [3.8, 4) is 11.8 Å². The first kappa shape index (κ1) is 20.7. The molecule has 1 fully saturated rings. The molecule has 0 spiro atoms.